The molecule has 0 fully saturated rings. The van der Waals surface area contributed by atoms with Crippen molar-refractivity contribution in [1.29, 1.82) is 0 Å². The van der Waals surface area contributed by atoms with Crippen LogP contribution in [0.15, 0.2) is 60.8 Å². The Kier molecular flexibility index (Phi) is 7.04. The molecule has 0 radical (unpaired) electrons. The van der Waals surface area contributed by atoms with Gasteiger partial charge in [0.2, 0.25) is 0 Å². The molecule has 4 aromatic rings. The second-order valence-corrected chi connectivity index (χ2v) is 8.23. The lowest BCUT2D eigenvalue weighted by atomic mass is 10.2. The summed E-state index contributed by atoms with van der Waals surface area (Å²) in [5.74, 6) is 1.80. The average molecular weight is 464 g/mol. The normalized spacial score (nSPS) is 10.8. The molecule has 8 heteroatoms. The number of hydrogen-bond donors (Lipinski definition) is 0. The van der Waals surface area contributed by atoms with Gasteiger partial charge in [0.25, 0.3) is 5.91 Å². The lowest BCUT2D eigenvalue weighted by Gasteiger charge is -2.19. The fourth-order valence-electron chi connectivity index (χ4n) is 3.32. The van der Waals surface area contributed by atoms with E-state index in [1.54, 1.807) is 30.3 Å². The number of amides is 1. The minimum Gasteiger partial charge on any atom is -0.494 e. The minimum absolute atomic E-state index is 0.132. The number of carbonyl (C=O) groups excluding carboxylic acids is 1. The van der Waals surface area contributed by atoms with E-state index in [1.165, 1.54) is 11.3 Å². The molecule has 0 unspecified atom stereocenters. The maximum atomic E-state index is 13.3. The Hall–Kier alpha value is -3.65. The second kappa shape index (κ2) is 10.3. The van der Waals surface area contributed by atoms with Crippen LogP contribution < -0.4 is 19.1 Å². The van der Waals surface area contributed by atoms with Gasteiger partial charge in [-0.05, 0) is 61.9 Å². The molecule has 0 atom stereocenters. The molecule has 0 saturated heterocycles. The van der Waals surface area contributed by atoms with Crippen molar-refractivity contribution in [3.8, 4) is 17.2 Å². The number of hydrogen-bond acceptors (Lipinski definition) is 7. The highest BCUT2D eigenvalue weighted by atomic mass is 32.1. The zero-order valence-corrected chi connectivity index (χ0v) is 19.6. The van der Waals surface area contributed by atoms with Crippen molar-refractivity contribution in [1.82, 2.24) is 9.97 Å². The minimum atomic E-state index is -0.217. The molecule has 33 heavy (non-hydrogen) atoms. The molecule has 7 nitrogen and oxygen atoms in total. The zero-order chi connectivity index (χ0) is 23.2. The molecule has 0 aliphatic rings. The van der Waals surface area contributed by atoms with E-state index in [9.17, 15) is 4.79 Å². The van der Waals surface area contributed by atoms with E-state index in [4.69, 9.17) is 19.2 Å². The molecule has 170 valence electrons. The van der Waals surface area contributed by atoms with Gasteiger partial charge >= 0.3 is 0 Å². The van der Waals surface area contributed by atoms with E-state index in [2.05, 4.69) is 4.98 Å². The molecule has 0 saturated carbocycles. The third-order valence-corrected chi connectivity index (χ3v) is 6.20. The number of aromatic nitrogens is 2. The van der Waals surface area contributed by atoms with Crippen LogP contribution in [0, 0.1) is 6.92 Å². The van der Waals surface area contributed by atoms with Crippen molar-refractivity contribution in [3.05, 3.63) is 72.1 Å². The van der Waals surface area contributed by atoms with E-state index >= 15 is 0 Å². The van der Waals surface area contributed by atoms with Gasteiger partial charge in [0, 0.05) is 6.20 Å². The van der Waals surface area contributed by atoms with Crippen LogP contribution in [0.2, 0.25) is 0 Å². The predicted molar refractivity (Wildman–Crippen MR) is 129 cm³/mol. The van der Waals surface area contributed by atoms with Crippen molar-refractivity contribution in [2.24, 2.45) is 0 Å². The van der Waals surface area contributed by atoms with Crippen LogP contribution in [0.1, 0.15) is 18.2 Å². The molecular formula is C25H25N3O4S. The molecular weight excluding hydrogens is 438 g/mol. The van der Waals surface area contributed by atoms with Crippen LogP contribution >= 0.6 is 11.3 Å². The summed E-state index contributed by atoms with van der Waals surface area (Å²) < 4.78 is 17.7. The van der Waals surface area contributed by atoms with E-state index in [1.807, 2.05) is 56.3 Å². The summed E-state index contributed by atoms with van der Waals surface area (Å²) in [5.41, 5.74) is 2.57. The van der Waals surface area contributed by atoms with E-state index in [-0.39, 0.29) is 19.1 Å². The molecule has 0 bridgehead atoms. The highest BCUT2D eigenvalue weighted by Gasteiger charge is 2.23. The first-order valence-corrected chi connectivity index (χ1v) is 11.4. The van der Waals surface area contributed by atoms with Crippen molar-refractivity contribution in [2.75, 3.05) is 25.2 Å². The van der Waals surface area contributed by atoms with Crippen LogP contribution in [-0.2, 0) is 11.3 Å². The topological polar surface area (TPSA) is 73.8 Å². The lowest BCUT2D eigenvalue weighted by Crippen LogP contribution is -2.34. The first-order valence-electron chi connectivity index (χ1n) is 10.6. The number of aryl methyl sites for hydroxylation is 1. The van der Waals surface area contributed by atoms with Gasteiger partial charge in [-0.25, -0.2) is 4.98 Å². The molecule has 2 heterocycles. The Morgan fingerprint density at radius 2 is 1.79 bits per heavy atom. The van der Waals surface area contributed by atoms with Crippen LogP contribution in [0.3, 0.4) is 0 Å². The first kappa shape index (κ1) is 22.5. The van der Waals surface area contributed by atoms with Crippen molar-refractivity contribution in [2.45, 2.75) is 20.4 Å². The second-order valence-electron chi connectivity index (χ2n) is 7.25. The van der Waals surface area contributed by atoms with E-state index in [0.717, 1.165) is 27.2 Å². The summed E-state index contributed by atoms with van der Waals surface area (Å²) in [7, 11) is 1.62. The molecule has 1 amide bonds. The van der Waals surface area contributed by atoms with Gasteiger partial charge in [-0.2, -0.15) is 0 Å². The van der Waals surface area contributed by atoms with Gasteiger partial charge < -0.3 is 14.2 Å². The molecule has 0 aliphatic carbocycles. The Labute approximate surface area is 196 Å². The Balaban J connectivity index is 1.60. The summed E-state index contributed by atoms with van der Waals surface area (Å²) in [6.07, 6.45) is 1.71. The fourth-order valence-corrected chi connectivity index (χ4v) is 4.38. The molecule has 0 N–H and O–H groups in total. The smallest absolute Gasteiger partial charge is 0.267 e. The number of carbonyl (C=O) groups is 1. The van der Waals surface area contributed by atoms with Crippen molar-refractivity contribution in [3.63, 3.8) is 0 Å². The lowest BCUT2D eigenvalue weighted by molar-refractivity contribution is -0.120. The molecule has 2 aromatic heterocycles. The molecule has 4 rings (SSSR count). The highest BCUT2D eigenvalue weighted by Crippen LogP contribution is 2.37. The number of fused-ring (bicyclic) bond motifs is 1. The predicted octanol–water partition coefficient (Wildman–Crippen LogP) is 5.02. The third kappa shape index (κ3) is 5.23. The van der Waals surface area contributed by atoms with E-state index in [0.29, 0.717) is 23.2 Å². The van der Waals surface area contributed by atoms with Crippen molar-refractivity contribution < 1.29 is 19.0 Å². The number of rotatable bonds is 9. The number of ether oxygens (including phenoxy) is 3. The summed E-state index contributed by atoms with van der Waals surface area (Å²) in [5, 5.41) is 0.573. The molecule has 0 aliphatic heterocycles. The number of pyridine rings is 1. The average Bonchev–Trinajstić information content (AvgIpc) is 3.29. The van der Waals surface area contributed by atoms with Crippen LogP contribution in [0.25, 0.3) is 10.2 Å². The number of nitrogens with zero attached hydrogens (tertiary/aromatic N) is 3. The maximum Gasteiger partial charge on any atom is 0.267 e. The van der Waals surface area contributed by atoms with Crippen LogP contribution in [-0.4, -0.2) is 36.2 Å². The molecule has 2 aromatic carbocycles. The Morgan fingerprint density at radius 3 is 2.45 bits per heavy atom. The van der Waals surface area contributed by atoms with Crippen LogP contribution in [0.5, 0.6) is 17.2 Å². The number of thiazole rings is 1. The summed E-state index contributed by atoms with van der Waals surface area (Å²) in [6, 6.07) is 16.7. The van der Waals surface area contributed by atoms with Gasteiger partial charge in [-0.15, -0.1) is 0 Å². The maximum absolute atomic E-state index is 13.3. The number of anilines is 1. The monoisotopic (exact) mass is 463 g/mol. The largest absolute Gasteiger partial charge is 0.494 e. The van der Waals surface area contributed by atoms with Gasteiger partial charge in [0.1, 0.15) is 22.8 Å². The zero-order valence-electron chi connectivity index (χ0n) is 18.8. The molecule has 0 spiro atoms. The quantitative estimate of drug-likeness (QED) is 0.347. The summed E-state index contributed by atoms with van der Waals surface area (Å²) in [4.78, 5) is 24.0. The third-order valence-electron chi connectivity index (χ3n) is 4.99. The first-order chi connectivity index (χ1) is 16.1. The Morgan fingerprint density at radius 1 is 1.03 bits per heavy atom. The number of methoxy groups -OCH3 is 1. The van der Waals surface area contributed by atoms with Crippen molar-refractivity contribution >= 4 is 32.6 Å². The van der Waals surface area contributed by atoms with E-state index < -0.39 is 0 Å². The van der Waals surface area contributed by atoms with Gasteiger partial charge in [0.05, 0.1) is 30.7 Å². The van der Waals surface area contributed by atoms with Crippen LogP contribution in [0.4, 0.5) is 5.13 Å². The summed E-state index contributed by atoms with van der Waals surface area (Å²) >= 11 is 1.45. The number of benzene rings is 2. The van der Waals surface area contributed by atoms with Gasteiger partial charge in [0.15, 0.2) is 11.7 Å². The van der Waals surface area contributed by atoms with Gasteiger partial charge in [-0.3, -0.25) is 14.7 Å². The van der Waals surface area contributed by atoms with Gasteiger partial charge in [-0.1, -0.05) is 23.5 Å². The summed E-state index contributed by atoms with van der Waals surface area (Å²) in [6.45, 7) is 4.69. The Bertz CT molecular complexity index is 1230. The standard InChI is InChI=1S/C25H25N3O4S/c1-4-31-19-9-11-20(12-10-19)32-16-22(29)28(15-18-7-5-6-14-26-18)25-27-23-21(30-3)13-8-17(2)24(23)33-25/h5-14H,4,15-16H2,1-3H3. The fraction of sp³-hybridized carbons (Fsp3) is 0.240. The highest BCUT2D eigenvalue weighted by molar-refractivity contribution is 7.22. The SMILES string of the molecule is CCOc1ccc(OCC(=O)N(Cc2ccccn2)c2nc3c(OC)ccc(C)c3s2)cc1.